The van der Waals surface area contributed by atoms with Gasteiger partial charge in [0.1, 0.15) is 5.60 Å². The first-order chi connectivity index (χ1) is 12.1. The monoisotopic (exact) mass is 367 g/mol. The Morgan fingerprint density at radius 1 is 1.35 bits per heavy atom. The van der Waals surface area contributed by atoms with E-state index in [2.05, 4.69) is 4.98 Å². The summed E-state index contributed by atoms with van der Waals surface area (Å²) in [5, 5.41) is 8.88. The van der Waals surface area contributed by atoms with Gasteiger partial charge in [-0.2, -0.15) is 0 Å². The summed E-state index contributed by atoms with van der Waals surface area (Å²) in [6.45, 7) is 6.67. The molecule has 1 atom stereocenters. The Bertz CT molecular complexity index is 675. The highest BCUT2D eigenvalue weighted by Crippen LogP contribution is 2.24. The van der Waals surface area contributed by atoms with Gasteiger partial charge in [0.05, 0.1) is 11.9 Å². The van der Waals surface area contributed by atoms with Crippen LogP contribution in [0.2, 0.25) is 0 Å². The van der Waals surface area contributed by atoms with Crippen LogP contribution in [-0.2, 0) is 4.74 Å². The number of carboxylic acids is 1. The number of aromatic carboxylic acids is 1. The van der Waals surface area contributed by atoms with E-state index < -0.39 is 23.1 Å². The van der Waals surface area contributed by atoms with Gasteiger partial charge in [-0.05, 0) is 40.0 Å². The number of hydrogen-bond acceptors (Lipinski definition) is 5. The third-order valence-electron chi connectivity index (χ3n) is 4.33. The average molecular weight is 367 g/mol. The van der Waals surface area contributed by atoms with Crippen LogP contribution in [0, 0.1) is 5.82 Å². The van der Waals surface area contributed by atoms with Gasteiger partial charge in [-0.1, -0.05) is 0 Å². The van der Waals surface area contributed by atoms with Gasteiger partial charge in [0.2, 0.25) is 0 Å². The maximum atomic E-state index is 13.9. The molecule has 8 heteroatoms. The molecule has 0 radical (unpaired) electrons. The summed E-state index contributed by atoms with van der Waals surface area (Å²) in [4.78, 5) is 30.4. The van der Waals surface area contributed by atoms with Gasteiger partial charge in [0, 0.05) is 32.2 Å². The third-order valence-corrected chi connectivity index (χ3v) is 4.33. The number of carbonyl (C=O) groups is 2. The van der Waals surface area contributed by atoms with E-state index in [1.807, 2.05) is 32.7 Å². The van der Waals surface area contributed by atoms with Crippen molar-refractivity contribution in [1.29, 1.82) is 0 Å². The topological polar surface area (TPSA) is 83.0 Å². The quantitative estimate of drug-likeness (QED) is 0.884. The van der Waals surface area contributed by atoms with Crippen molar-refractivity contribution in [3.8, 4) is 0 Å². The Morgan fingerprint density at radius 2 is 2.04 bits per heavy atom. The second-order valence-corrected chi connectivity index (χ2v) is 7.49. The van der Waals surface area contributed by atoms with E-state index in [9.17, 15) is 14.0 Å². The van der Waals surface area contributed by atoms with Crippen LogP contribution >= 0.6 is 0 Å². The summed E-state index contributed by atoms with van der Waals surface area (Å²) >= 11 is 0. The average Bonchev–Trinajstić information content (AvgIpc) is 2.78. The molecule has 0 aromatic carbocycles. The molecule has 26 heavy (non-hydrogen) atoms. The van der Waals surface area contributed by atoms with Crippen molar-refractivity contribution in [2.75, 3.05) is 25.0 Å². The minimum atomic E-state index is -1.39. The number of nitrogens with zero attached hydrogens (tertiary/aromatic N) is 3. The zero-order valence-electron chi connectivity index (χ0n) is 15.7. The maximum Gasteiger partial charge on any atom is 0.410 e. The van der Waals surface area contributed by atoms with Gasteiger partial charge in [0.25, 0.3) is 0 Å². The first-order valence-electron chi connectivity index (χ1n) is 8.68. The molecule has 1 unspecified atom stereocenters. The molecule has 1 aromatic rings. The van der Waals surface area contributed by atoms with E-state index in [1.165, 1.54) is 12.3 Å². The Hall–Kier alpha value is -2.38. The van der Waals surface area contributed by atoms with Crippen LogP contribution in [0.25, 0.3) is 0 Å². The molecule has 7 nitrogen and oxygen atoms in total. The molecule has 1 aromatic heterocycles. The van der Waals surface area contributed by atoms with E-state index in [-0.39, 0.29) is 12.1 Å². The summed E-state index contributed by atoms with van der Waals surface area (Å²) in [6, 6.07) is 1.28. The molecule has 1 amide bonds. The van der Waals surface area contributed by atoms with E-state index in [0.29, 0.717) is 25.2 Å². The predicted octanol–water partition coefficient (Wildman–Crippen LogP) is 3.14. The van der Waals surface area contributed by atoms with Crippen molar-refractivity contribution in [3.63, 3.8) is 0 Å². The van der Waals surface area contributed by atoms with Gasteiger partial charge in [0.15, 0.2) is 11.5 Å². The highest BCUT2D eigenvalue weighted by molar-refractivity contribution is 5.85. The van der Waals surface area contributed by atoms with E-state index in [1.54, 1.807) is 4.90 Å². The summed E-state index contributed by atoms with van der Waals surface area (Å²) in [7, 11) is 1.82. The fraction of sp³-hybridized carbons (Fsp3) is 0.611. The lowest BCUT2D eigenvalue weighted by molar-refractivity contribution is 0.0256. The van der Waals surface area contributed by atoms with Gasteiger partial charge >= 0.3 is 12.1 Å². The summed E-state index contributed by atoms with van der Waals surface area (Å²) in [5.41, 5.74) is -0.600. The molecule has 1 aliphatic heterocycles. The van der Waals surface area contributed by atoms with Gasteiger partial charge in [-0.25, -0.2) is 19.0 Å². The number of halogens is 1. The number of anilines is 1. The number of hydrogen-bond donors (Lipinski definition) is 1. The third kappa shape index (κ3) is 5.06. The molecule has 0 spiro atoms. The minimum Gasteiger partial charge on any atom is -0.476 e. The van der Waals surface area contributed by atoms with Crippen LogP contribution in [0.4, 0.5) is 14.9 Å². The van der Waals surface area contributed by atoms with Gasteiger partial charge in [-0.3, -0.25) is 0 Å². The largest absolute Gasteiger partial charge is 0.476 e. The molecular weight excluding hydrogens is 341 g/mol. The number of amides is 1. The lowest BCUT2D eigenvalue weighted by Gasteiger charge is -2.29. The second kappa shape index (κ2) is 7.88. The van der Waals surface area contributed by atoms with E-state index in [4.69, 9.17) is 9.84 Å². The lowest BCUT2D eigenvalue weighted by Crippen LogP contribution is -2.38. The van der Waals surface area contributed by atoms with Crippen molar-refractivity contribution >= 4 is 17.7 Å². The molecule has 1 N–H and O–H groups in total. The fourth-order valence-electron chi connectivity index (χ4n) is 2.96. The number of pyridine rings is 1. The van der Waals surface area contributed by atoms with Crippen LogP contribution in [0.15, 0.2) is 12.3 Å². The van der Waals surface area contributed by atoms with E-state index >= 15 is 0 Å². The summed E-state index contributed by atoms with van der Waals surface area (Å²) in [5.74, 6) is -2.25. The Labute approximate surface area is 152 Å². The zero-order valence-corrected chi connectivity index (χ0v) is 15.7. The fourth-order valence-corrected chi connectivity index (χ4v) is 2.96. The molecule has 0 aliphatic carbocycles. The first-order valence-corrected chi connectivity index (χ1v) is 8.68. The maximum absolute atomic E-state index is 13.9. The standard InChI is InChI=1S/C18H26FN3O4/c1-18(2,3)26-17(25)22-8-5-6-12(7-9-22)21(4)13-10-14(19)15(16(23)24)20-11-13/h10-12H,5-9H2,1-4H3,(H,23,24). The molecular formula is C18H26FN3O4. The lowest BCUT2D eigenvalue weighted by atomic mass is 10.1. The van der Waals surface area contributed by atoms with Crippen LogP contribution in [0.5, 0.6) is 0 Å². The summed E-state index contributed by atoms with van der Waals surface area (Å²) < 4.78 is 19.3. The molecule has 0 saturated carbocycles. The minimum absolute atomic E-state index is 0.0966. The molecule has 0 bridgehead atoms. The number of rotatable bonds is 3. The van der Waals surface area contributed by atoms with E-state index in [0.717, 1.165) is 12.8 Å². The number of carbonyl (C=O) groups excluding carboxylic acids is 1. The SMILES string of the molecule is CN(c1cnc(C(=O)O)c(F)c1)C1CCCN(C(=O)OC(C)(C)C)CC1. The zero-order chi connectivity index (χ0) is 19.5. The van der Waals surface area contributed by atoms with Gasteiger partial charge < -0.3 is 19.6 Å². The molecule has 1 saturated heterocycles. The molecule has 2 heterocycles. The predicted molar refractivity (Wildman–Crippen MR) is 95.0 cm³/mol. The van der Waals surface area contributed by atoms with Crippen LogP contribution < -0.4 is 4.90 Å². The normalized spacial score (nSPS) is 18.2. The molecule has 2 rings (SSSR count). The van der Waals surface area contributed by atoms with Crippen molar-refractivity contribution in [2.45, 2.75) is 51.7 Å². The van der Waals surface area contributed by atoms with Gasteiger partial charge in [-0.15, -0.1) is 0 Å². The number of ether oxygens (including phenoxy) is 1. The Kier molecular flexibility index (Phi) is 6.05. The number of likely N-dealkylation sites (tertiary alicyclic amines) is 1. The highest BCUT2D eigenvalue weighted by atomic mass is 19.1. The Balaban J connectivity index is 2.03. The van der Waals surface area contributed by atoms with Crippen molar-refractivity contribution in [2.24, 2.45) is 0 Å². The van der Waals surface area contributed by atoms with Crippen LogP contribution in [0.1, 0.15) is 50.5 Å². The van der Waals surface area contributed by atoms with Crippen molar-refractivity contribution in [1.82, 2.24) is 9.88 Å². The number of carboxylic acid groups (broad SMARTS) is 1. The van der Waals surface area contributed by atoms with Crippen LogP contribution in [-0.4, -0.2) is 58.8 Å². The smallest absolute Gasteiger partial charge is 0.410 e. The summed E-state index contributed by atoms with van der Waals surface area (Å²) in [6.07, 6.45) is 3.38. The Morgan fingerprint density at radius 3 is 2.62 bits per heavy atom. The van der Waals surface area contributed by atoms with Crippen LogP contribution in [0.3, 0.4) is 0 Å². The number of aromatic nitrogens is 1. The van der Waals surface area contributed by atoms with Crippen molar-refractivity contribution in [3.05, 3.63) is 23.8 Å². The second-order valence-electron chi connectivity index (χ2n) is 7.49. The first kappa shape index (κ1) is 19.9. The highest BCUT2D eigenvalue weighted by Gasteiger charge is 2.27. The molecule has 144 valence electrons. The van der Waals surface area contributed by atoms with Crippen molar-refractivity contribution < 1.29 is 23.8 Å². The molecule has 1 fully saturated rings. The molecule has 1 aliphatic rings.